The molecule has 5 nitrogen and oxygen atoms in total. The Hall–Kier alpha value is -2.60. The number of phenolic OH excluding ortho intramolecular Hbond substituents is 1. The first-order valence-corrected chi connectivity index (χ1v) is 7.61. The van der Waals surface area contributed by atoms with Crippen LogP contribution in [0.4, 0.5) is 9.18 Å². The summed E-state index contributed by atoms with van der Waals surface area (Å²) in [4.78, 5) is 12.0. The van der Waals surface area contributed by atoms with Crippen LogP contribution in [0.2, 0.25) is 0 Å². The number of carbonyl (C=O) groups excluding carboxylic acids is 1. The molecule has 0 bridgehead atoms. The summed E-state index contributed by atoms with van der Waals surface area (Å²) in [5, 5.41) is 15.0. The molecule has 0 aliphatic rings. The fourth-order valence-electron chi connectivity index (χ4n) is 2.33. The zero-order chi connectivity index (χ0) is 17.5. The predicted octanol–water partition coefficient (Wildman–Crippen LogP) is 3.28. The number of halogens is 1. The summed E-state index contributed by atoms with van der Waals surface area (Å²) in [5.74, 6) is -0.170. The monoisotopic (exact) mass is 332 g/mol. The molecular formula is C18H21FN2O3. The van der Waals surface area contributed by atoms with Crippen LogP contribution in [-0.2, 0) is 4.74 Å². The fourth-order valence-corrected chi connectivity index (χ4v) is 2.33. The third-order valence-corrected chi connectivity index (χ3v) is 3.69. The molecule has 0 aromatic heterocycles. The van der Waals surface area contributed by atoms with E-state index in [0.717, 1.165) is 11.1 Å². The van der Waals surface area contributed by atoms with Gasteiger partial charge in [0.05, 0.1) is 12.1 Å². The standard InChI is InChI=1S/C18H21FN2O3/c1-12(14-4-3-5-16(22)10-14)21-18(23)20-11-17(24-2)13-6-8-15(19)9-7-13/h3-10,12,17,22H,11H2,1-2H3,(H2,20,21,23)/t12-,17?/m0/s1. The lowest BCUT2D eigenvalue weighted by Gasteiger charge is -2.19. The Kier molecular flexibility index (Phi) is 6.14. The van der Waals surface area contributed by atoms with Gasteiger partial charge in [0.15, 0.2) is 0 Å². The summed E-state index contributed by atoms with van der Waals surface area (Å²) in [5.41, 5.74) is 1.58. The second kappa shape index (κ2) is 8.31. The Morgan fingerprint density at radius 1 is 1.21 bits per heavy atom. The van der Waals surface area contributed by atoms with Crippen LogP contribution in [0.1, 0.15) is 30.2 Å². The van der Waals surface area contributed by atoms with Gasteiger partial charge in [-0.3, -0.25) is 0 Å². The van der Waals surface area contributed by atoms with Crippen LogP contribution in [-0.4, -0.2) is 24.8 Å². The molecular weight excluding hydrogens is 311 g/mol. The molecule has 0 fully saturated rings. The maximum atomic E-state index is 13.0. The molecule has 2 rings (SSSR count). The van der Waals surface area contributed by atoms with E-state index in [2.05, 4.69) is 10.6 Å². The highest BCUT2D eigenvalue weighted by atomic mass is 19.1. The largest absolute Gasteiger partial charge is 0.508 e. The van der Waals surface area contributed by atoms with E-state index in [-0.39, 0.29) is 36.3 Å². The number of urea groups is 1. The number of phenols is 1. The van der Waals surface area contributed by atoms with Gasteiger partial charge < -0.3 is 20.5 Å². The summed E-state index contributed by atoms with van der Waals surface area (Å²) in [7, 11) is 1.53. The van der Waals surface area contributed by atoms with Crippen molar-refractivity contribution in [2.24, 2.45) is 0 Å². The van der Waals surface area contributed by atoms with Gasteiger partial charge in [0.1, 0.15) is 11.6 Å². The summed E-state index contributed by atoms with van der Waals surface area (Å²) in [6.07, 6.45) is -0.368. The number of aromatic hydroxyl groups is 1. The number of nitrogens with one attached hydrogen (secondary N) is 2. The van der Waals surface area contributed by atoms with Crippen molar-refractivity contribution >= 4 is 6.03 Å². The van der Waals surface area contributed by atoms with Crippen molar-refractivity contribution in [2.75, 3.05) is 13.7 Å². The van der Waals surface area contributed by atoms with E-state index in [4.69, 9.17) is 4.74 Å². The molecule has 0 aliphatic heterocycles. The second-order valence-corrected chi connectivity index (χ2v) is 5.45. The molecule has 6 heteroatoms. The average Bonchev–Trinajstić information content (AvgIpc) is 2.57. The zero-order valence-electron chi connectivity index (χ0n) is 13.6. The molecule has 2 amide bonds. The van der Waals surface area contributed by atoms with Crippen molar-refractivity contribution < 1.29 is 19.0 Å². The van der Waals surface area contributed by atoms with Gasteiger partial charge in [0.25, 0.3) is 0 Å². The molecule has 3 N–H and O–H groups in total. The van der Waals surface area contributed by atoms with Gasteiger partial charge in [-0.2, -0.15) is 0 Å². The van der Waals surface area contributed by atoms with Gasteiger partial charge in [-0.05, 0) is 42.3 Å². The summed E-state index contributed by atoms with van der Waals surface area (Å²) in [6.45, 7) is 2.07. The van der Waals surface area contributed by atoms with Crippen LogP contribution in [0.25, 0.3) is 0 Å². The van der Waals surface area contributed by atoms with Crippen LogP contribution in [0.15, 0.2) is 48.5 Å². The van der Waals surface area contributed by atoms with Crippen molar-refractivity contribution in [1.29, 1.82) is 0 Å². The van der Waals surface area contributed by atoms with Gasteiger partial charge >= 0.3 is 6.03 Å². The van der Waals surface area contributed by atoms with E-state index >= 15 is 0 Å². The lowest BCUT2D eigenvalue weighted by atomic mass is 10.1. The first-order valence-electron chi connectivity index (χ1n) is 7.61. The number of carbonyl (C=O) groups is 1. The smallest absolute Gasteiger partial charge is 0.315 e. The molecule has 2 atom stereocenters. The predicted molar refractivity (Wildman–Crippen MR) is 89.2 cm³/mol. The van der Waals surface area contributed by atoms with Crippen LogP contribution >= 0.6 is 0 Å². The van der Waals surface area contributed by atoms with E-state index in [1.165, 1.54) is 19.2 Å². The van der Waals surface area contributed by atoms with E-state index in [9.17, 15) is 14.3 Å². The van der Waals surface area contributed by atoms with Crippen molar-refractivity contribution in [3.05, 3.63) is 65.5 Å². The molecule has 0 aliphatic carbocycles. The Morgan fingerprint density at radius 3 is 2.54 bits per heavy atom. The molecule has 1 unspecified atom stereocenters. The summed E-state index contributed by atoms with van der Waals surface area (Å²) < 4.78 is 18.3. The van der Waals surface area contributed by atoms with E-state index in [0.29, 0.717) is 0 Å². The van der Waals surface area contributed by atoms with E-state index < -0.39 is 0 Å². The molecule has 24 heavy (non-hydrogen) atoms. The normalized spacial score (nSPS) is 13.1. The third-order valence-electron chi connectivity index (χ3n) is 3.69. The number of hydrogen-bond donors (Lipinski definition) is 3. The van der Waals surface area contributed by atoms with Crippen LogP contribution in [0.3, 0.4) is 0 Å². The van der Waals surface area contributed by atoms with Crippen molar-refractivity contribution in [3.63, 3.8) is 0 Å². The number of ether oxygens (including phenoxy) is 1. The minimum atomic E-state index is -0.368. The zero-order valence-corrected chi connectivity index (χ0v) is 13.6. The number of methoxy groups -OCH3 is 1. The lowest BCUT2D eigenvalue weighted by Crippen LogP contribution is -2.39. The lowest BCUT2D eigenvalue weighted by molar-refractivity contribution is 0.104. The maximum Gasteiger partial charge on any atom is 0.315 e. The number of rotatable bonds is 6. The molecule has 2 aromatic carbocycles. The first kappa shape index (κ1) is 17.7. The van der Waals surface area contributed by atoms with Crippen LogP contribution in [0.5, 0.6) is 5.75 Å². The third kappa shape index (κ3) is 4.96. The Labute approximate surface area is 140 Å². The summed E-state index contributed by atoms with van der Waals surface area (Å²) >= 11 is 0. The van der Waals surface area contributed by atoms with Crippen molar-refractivity contribution in [3.8, 4) is 5.75 Å². The molecule has 2 aromatic rings. The van der Waals surface area contributed by atoms with Gasteiger partial charge in [-0.15, -0.1) is 0 Å². The molecule has 128 valence electrons. The molecule has 0 saturated heterocycles. The Morgan fingerprint density at radius 2 is 1.92 bits per heavy atom. The Bertz CT molecular complexity index is 676. The molecule has 0 heterocycles. The second-order valence-electron chi connectivity index (χ2n) is 5.45. The van der Waals surface area contributed by atoms with Gasteiger partial charge in [0.2, 0.25) is 0 Å². The first-order chi connectivity index (χ1) is 11.5. The molecule has 0 radical (unpaired) electrons. The Balaban J connectivity index is 1.88. The number of amides is 2. The minimum Gasteiger partial charge on any atom is -0.508 e. The van der Waals surface area contributed by atoms with Gasteiger partial charge in [-0.25, -0.2) is 9.18 Å². The molecule has 0 saturated carbocycles. The quantitative estimate of drug-likeness (QED) is 0.760. The SMILES string of the molecule is COC(CNC(=O)N[C@@H](C)c1cccc(O)c1)c1ccc(F)cc1. The van der Waals surface area contributed by atoms with Crippen LogP contribution < -0.4 is 10.6 Å². The minimum absolute atomic E-state index is 0.150. The van der Waals surface area contributed by atoms with Crippen LogP contribution in [0, 0.1) is 5.82 Å². The van der Waals surface area contributed by atoms with E-state index in [1.807, 2.05) is 13.0 Å². The van der Waals surface area contributed by atoms with Crippen molar-refractivity contribution in [2.45, 2.75) is 19.1 Å². The van der Waals surface area contributed by atoms with E-state index in [1.54, 1.807) is 30.3 Å². The number of benzene rings is 2. The average molecular weight is 332 g/mol. The topological polar surface area (TPSA) is 70.6 Å². The van der Waals surface area contributed by atoms with Gasteiger partial charge in [0, 0.05) is 13.7 Å². The van der Waals surface area contributed by atoms with Gasteiger partial charge in [-0.1, -0.05) is 24.3 Å². The summed E-state index contributed by atoms with van der Waals surface area (Å²) in [6, 6.07) is 12.0. The van der Waals surface area contributed by atoms with Crippen molar-refractivity contribution in [1.82, 2.24) is 10.6 Å². The highest BCUT2D eigenvalue weighted by molar-refractivity contribution is 5.74. The highest BCUT2D eigenvalue weighted by Crippen LogP contribution is 2.18. The molecule has 0 spiro atoms. The fraction of sp³-hybridized carbons (Fsp3) is 0.278. The highest BCUT2D eigenvalue weighted by Gasteiger charge is 2.14. The maximum absolute atomic E-state index is 13.0. The number of hydrogen-bond acceptors (Lipinski definition) is 3.